The van der Waals surface area contributed by atoms with Crippen molar-refractivity contribution < 1.29 is 13.2 Å². The zero-order valence-corrected chi connectivity index (χ0v) is 12.0. The third-order valence-corrected chi connectivity index (χ3v) is 4.49. The number of sulfonamides is 1. The van der Waals surface area contributed by atoms with Crippen LogP contribution in [0.5, 0.6) is 0 Å². The van der Waals surface area contributed by atoms with Crippen molar-refractivity contribution in [3.05, 3.63) is 10.0 Å². The molecule has 1 N–H and O–H groups in total. The van der Waals surface area contributed by atoms with Gasteiger partial charge in [-0.2, -0.15) is 0 Å². The quantitative estimate of drug-likeness (QED) is 0.904. The molecule has 0 saturated carbocycles. The molecular weight excluding hydrogens is 298 g/mol. The van der Waals surface area contributed by atoms with Crippen molar-refractivity contribution in [2.24, 2.45) is 0 Å². The Hall–Kier alpha value is -0.860. The maximum absolute atomic E-state index is 11.7. The molecule has 2 rings (SSSR count). The summed E-state index contributed by atoms with van der Waals surface area (Å²) in [6.07, 6.45) is 3.09. The number of hydrogen-bond donors (Lipinski definition) is 1. The number of nitrogens with zero attached hydrogens (tertiary/aromatic N) is 2. The maximum Gasteiger partial charge on any atom is 0.278 e. The van der Waals surface area contributed by atoms with Gasteiger partial charge in [-0.25, -0.2) is 18.1 Å². The molecular formula is C9H12ClN3O3S2. The summed E-state index contributed by atoms with van der Waals surface area (Å²) in [5.74, 6) is -0.731. The fourth-order valence-corrected chi connectivity index (χ4v) is 3.43. The number of carbonyl (C=O) groups is 1. The highest BCUT2D eigenvalue weighted by molar-refractivity contribution is 7.89. The van der Waals surface area contributed by atoms with Gasteiger partial charge in [-0.05, 0) is 12.8 Å². The van der Waals surface area contributed by atoms with Gasteiger partial charge in [0.25, 0.3) is 5.91 Å². The first kappa shape index (κ1) is 13.6. The maximum atomic E-state index is 11.7. The Labute approximate surface area is 114 Å². The van der Waals surface area contributed by atoms with Gasteiger partial charge in [0.15, 0.2) is 10.3 Å². The van der Waals surface area contributed by atoms with E-state index < -0.39 is 15.9 Å². The van der Waals surface area contributed by atoms with E-state index in [1.54, 1.807) is 0 Å². The largest absolute Gasteiger partial charge is 0.348 e. The zero-order valence-electron chi connectivity index (χ0n) is 9.64. The second-order valence-electron chi connectivity index (χ2n) is 4.01. The highest BCUT2D eigenvalue weighted by Crippen LogP contribution is 2.31. The highest BCUT2D eigenvalue weighted by atomic mass is 35.5. The Morgan fingerprint density at radius 3 is 2.61 bits per heavy atom. The molecule has 1 aliphatic heterocycles. The number of nitrogens with one attached hydrogen (secondary N) is 1. The third kappa shape index (κ3) is 3.12. The molecule has 18 heavy (non-hydrogen) atoms. The van der Waals surface area contributed by atoms with Gasteiger partial charge in [-0.3, -0.25) is 4.79 Å². The van der Waals surface area contributed by atoms with Crippen molar-refractivity contribution >= 4 is 44.0 Å². The molecule has 0 aromatic carbocycles. The topological polar surface area (TPSA) is 79.4 Å². The minimum Gasteiger partial charge on any atom is -0.348 e. The van der Waals surface area contributed by atoms with Crippen LogP contribution in [0.1, 0.15) is 22.5 Å². The molecule has 1 aromatic heterocycles. The lowest BCUT2D eigenvalue weighted by atomic mass is 10.4. The molecule has 0 bridgehead atoms. The monoisotopic (exact) mass is 309 g/mol. The Morgan fingerprint density at radius 1 is 1.44 bits per heavy atom. The molecule has 9 heteroatoms. The van der Waals surface area contributed by atoms with E-state index >= 15 is 0 Å². The Bertz CT molecular complexity index is 564. The van der Waals surface area contributed by atoms with Crippen LogP contribution >= 0.6 is 22.9 Å². The average molecular weight is 310 g/mol. The van der Waals surface area contributed by atoms with E-state index in [0.29, 0.717) is 5.13 Å². The molecule has 6 nitrogen and oxygen atoms in total. The van der Waals surface area contributed by atoms with Crippen molar-refractivity contribution in [3.8, 4) is 0 Å². The highest BCUT2D eigenvalue weighted by Gasteiger charge is 2.23. The number of rotatable bonds is 3. The van der Waals surface area contributed by atoms with Gasteiger partial charge < -0.3 is 4.90 Å². The van der Waals surface area contributed by atoms with E-state index in [1.807, 2.05) is 9.62 Å². The van der Waals surface area contributed by atoms with Gasteiger partial charge in [0, 0.05) is 13.1 Å². The summed E-state index contributed by atoms with van der Waals surface area (Å²) in [6.45, 7) is 1.77. The number of anilines is 1. The molecule has 1 aromatic rings. The van der Waals surface area contributed by atoms with E-state index in [4.69, 9.17) is 11.6 Å². The minimum atomic E-state index is -3.59. The molecule has 1 fully saturated rings. The van der Waals surface area contributed by atoms with Crippen LogP contribution in [0.15, 0.2) is 0 Å². The zero-order chi connectivity index (χ0) is 13.3. The first-order valence-corrected chi connectivity index (χ1v) is 8.39. The van der Waals surface area contributed by atoms with Crippen LogP contribution in [0.25, 0.3) is 0 Å². The standard InChI is InChI=1S/C9H12ClN3O3S2/c1-18(15,16)12-8(14)6-7(10)11-9(17-6)13-4-2-3-5-13/h2-5H2,1H3,(H,12,14). The minimum absolute atomic E-state index is 0.0445. The fourth-order valence-electron chi connectivity index (χ4n) is 1.69. The van der Waals surface area contributed by atoms with Gasteiger partial charge in [-0.1, -0.05) is 22.9 Å². The van der Waals surface area contributed by atoms with Crippen LogP contribution in [0.2, 0.25) is 5.15 Å². The van der Waals surface area contributed by atoms with E-state index in [1.165, 1.54) is 0 Å². The number of halogens is 1. The number of thiazole rings is 1. The summed E-state index contributed by atoms with van der Waals surface area (Å²) in [5, 5.41) is 0.708. The Balaban J connectivity index is 2.21. The number of amides is 1. The molecule has 1 saturated heterocycles. The first-order valence-electron chi connectivity index (χ1n) is 5.30. The van der Waals surface area contributed by atoms with Crippen LogP contribution in [-0.4, -0.2) is 38.7 Å². The predicted octanol–water partition coefficient (Wildman–Crippen LogP) is 1.09. The molecule has 0 radical (unpaired) electrons. The average Bonchev–Trinajstić information content (AvgIpc) is 2.82. The molecule has 2 heterocycles. The smallest absolute Gasteiger partial charge is 0.278 e. The van der Waals surface area contributed by atoms with Crippen LogP contribution in [0.3, 0.4) is 0 Å². The Morgan fingerprint density at radius 2 is 2.06 bits per heavy atom. The summed E-state index contributed by atoms with van der Waals surface area (Å²) in [7, 11) is -3.59. The lowest BCUT2D eigenvalue weighted by Gasteiger charge is -2.11. The normalized spacial score (nSPS) is 16.0. The SMILES string of the molecule is CS(=O)(=O)NC(=O)c1sc(N2CCCC2)nc1Cl. The van der Waals surface area contributed by atoms with Crippen molar-refractivity contribution in [3.63, 3.8) is 0 Å². The van der Waals surface area contributed by atoms with Gasteiger partial charge in [-0.15, -0.1) is 0 Å². The van der Waals surface area contributed by atoms with E-state index in [2.05, 4.69) is 4.98 Å². The molecule has 0 unspecified atom stereocenters. The van der Waals surface area contributed by atoms with Crippen LogP contribution < -0.4 is 9.62 Å². The molecule has 0 spiro atoms. The molecule has 1 amide bonds. The van der Waals surface area contributed by atoms with Crippen LogP contribution in [0, 0.1) is 0 Å². The van der Waals surface area contributed by atoms with Gasteiger partial charge in [0.2, 0.25) is 10.0 Å². The molecule has 100 valence electrons. The number of carbonyl (C=O) groups excluding carboxylic acids is 1. The summed E-state index contributed by atoms with van der Waals surface area (Å²) < 4.78 is 23.9. The lowest BCUT2D eigenvalue weighted by Crippen LogP contribution is -2.28. The summed E-state index contributed by atoms with van der Waals surface area (Å²) >= 11 is 6.98. The van der Waals surface area contributed by atoms with Crippen LogP contribution in [0.4, 0.5) is 5.13 Å². The van der Waals surface area contributed by atoms with E-state index in [-0.39, 0.29) is 10.0 Å². The molecule has 0 atom stereocenters. The van der Waals surface area contributed by atoms with Gasteiger partial charge in [0.05, 0.1) is 6.26 Å². The lowest BCUT2D eigenvalue weighted by molar-refractivity contribution is 0.0985. The molecule has 0 aliphatic carbocycles. The van der Waals surface area contributed by atoms with Crippen molar-refractivity contribution in [2.45, 2.75) is 12.8 Å². The summed E-state index contributed by atoms with van der Waals surface area (Å²) in [5.41, 5.74) is 0. The van der Waals surface area contributed by atoms with Gasteiger partial charge in [0.1, 0.15) is 4.88 Å². The fraction of sp³-hybridized carbons (Fsp3) is 0.556. The second kappa shape index (κ2) is 5.02. The molecule has 1 aliphatic rings. The van der Waals surface area contributed by atoms with Crippen molar-refractivity contribution in [2.75, 3.05) is 24.2 Å². The van der Waals surface area contributed by atoms with Crippen molar-refractivity contribution in [1.29, 1.82) is 0 Å². The predicted molar refractivity (Wildman–Crippen MR) is 70.9 cm³/mol. The van der Waals surface area contributed by atoms with Crippen LogP contribution in [-0.2, 0) is 10.0 Å². The second-order valence-corrected chi connectivity index (χ2v) is 7.10. The van der Waals surface area contributed by atoms with Crippen molar-refractivity contribution in [1.82, 2.24) is 9.71 Å². The van der Waals surface area contributed by atoms with Gasteiger partial charge >= 0.3 is 0 Å². The van der Waals surface area contributed by atoms with E-state index in [9.17, 15) is 13.2 Å². The third-order valence-electron chi connectivity index (χ3n) is 2.44. The summed E-state index contributed by atoms with van der Waals surface area (Å²) in [4.78, 5) is 17.9. The first-order chi connectivity index (χ1) is 8.37. The summed E-state index contributed by atoms with van der Waals surface area (Å²) in [6, 6.07) is 0. The Kier molecular flexibility index (Phi) is 3.79. The number of aromatic nitrogens is 1. The van der Waals surface area contributed by atoms with E-state index in [0.717, 1.165) is 43.5 Å². The number of hydrogen-bond acceptors (Lipinski definition) is 6.